The van der Waals surface area contributed by atoms with E-state index in [0.717, 1.165) is 12.8 Å². The van der Waals surface area contributed by atoms with Crippen molar-refractivity contribution in [1.82, 2.24) is 4.72 Å². The van der Waals surface area contributed by atoms with E-state index in [-0.39, 0.29) is 35.8 Å². The molecule has 0 unspecified atom stereocenters. The summed E-state index contributed by atoms with van der Waals surface area (Å²) < 4.78 is 52.4. The third-order valence-electron chi connectivity index (χ3n) is 5.57. The lowest BCUT2D eigenvalue weighted by Crippen LogP contribution is -2.34. The topological polar surface area (TPSA) is 98.8 Å². The molecule has 1 fully saturated rings. The van der Waals surface area contributed by atoms with E-state index in [2.05, 4.69) is 4.72 Å². The molecule has 10 heteroatoms. The van der Waals surface area contributed by atoms with Crippen molar-refractivity contribution in [3.05, 3.63) is 53.8 Å². The predicted octanol–water partition coefficient (Wildman–Crippen LogP) is 4.43. The lowest BCUT2D eigenvalue weighted by Gasteiger charge is -2.28. The standard InChI is InChI=1S/C23H25ClFNO6S/c1-2-31-21(27)11-14-26-33(29,30)20-10-9-18(32-17-7-5-16(25)6-8-17)15-19(20)23(22(24)28)12-3-4-13-23/h5-10,15,26H,2-4,11-14H2,1H3. The molecule has 0 atom stereocenters. The zero-order chi connectivity index (χ0) is 24.1. The van der Waals surface area contributed by atoms with Gasteiger partial charge in [0.05, 0.1) is 23.3 Å². The van der Waals surface area contributed by atoms with Gasteiger partial charge in [-0.1, -0.05) is 12.8 Å². The van der Waals surface area contributed by atoms with E-state index in [4.69, 9.17) is 21.1 Å². The maximum absolute atomic E-state index is 13.2. The summed E-state index contributed by atoms with van der Waals surface area (Å²) in [5.74, 6) is -0.308. The highest BCUT2D eigenvalue weighted by Gasteiger charge is 2.45. The van der Waals surface area contributed by atoms with Gasteiger partial charge in [-0.25, -0.2) is 17.5 Å². The largest absolute Gasteiger partial charge is 0.466 e. The van der Waals surface area contributed by atoms with Crippen LogP contribution in [0.3, 0.4) is 0 Å². The summed E-state index contributed by atoms with van der Waals surface area (Å²) in [6, 6.07) is 9.65. The smallest absolute Gasteiger partial charge is 0.307 e. The van der Waals surface area contributed by atoms with Gasteiger partial charge in [-0.3, -0.25) is 9.59 Å². The van der Waals surface area contributed by atoms with Crippen molar-refractivity contribution in [3.8, 4) is 11.5 Å². The number of sulfonamides is 1. The van der Waals surface area contributed by atoms with E-state index in [1.54, 1.807) is 6.92 Å². The normalized spacial score (nSPS) is 15.2. The summed E-state index contributed by atoms with van der Waals surface area (Å²) >= 11 is 6.01. The minimum Gasteiger partial charge on any atom is -0.466 e. The molecule has 0 spiro atoms. The van der Waals surface area contributed by atoms with Crippen LogP contribution in [-0.4, -0.2) is 32.8 Å². The highest BCUT2D eigenvalue weighted by atomic mass is 35.5. The van der Waals surface area contributed by atoms with E-state index < -0.39 is 32.5 Å². The van der Waals surface area contributed by atoms with Gasteiger partial charge in [-0.05, 0) is 79.4 Å². The van der Waals surface area contributed by atoms with Crippen molar-refractivity contribution in [2.45, 2.75) is 49.3 Å². The second kappa shape index (κ2) is 10.6. The van der Waals surface area contributed by atoms with E-state index in [9.17, 15) is 22.4 Å². The molecule has 1 aliphatic rings. The Hall–Kier alpha value is -2.49. The number of carbonyl (C=O) groups excluding carboxylic acids is 2. The maximum Gasteiger partial charge on any atom is 0.307 e. The van der Waals surface area contributed by atoms with Gasteiger partial charge in [0.2, 0.25) is 15.3 Å². The summed E-state index contributed by atoms with van der Waals surface area (Å²) in [6.45, 7) is 1.70. The summed E-state index contributed by atoms with van der Waals surface area (Å²) in [5, 5.41) is -0.637. The number of esters is 1. The van der Waals surface area contributed by atoms with Crippen molar-refractivity contribution in [2.24, 2.45) is 0 Å². The first kappa shape index (κ1) is 25.1. The molecule has 2 aromatic carbocycles. The van der Waals surface area contributed by atoms with Gasteiger partial charge < -0.3 is 9.47 Å². The Balaban J connectivity index is 1.97. The average molecular weight is 498 g/mol. The summed E-state index contributed by atoms with van der Waals surface area (Å²) in [5.41, 5.74) is -0.933. The Morgan fingerprint density at radius 2 is 1.73 bits per heavy atom. The SMILES string of the molecule is CCOC(=O)CCNS(=O)(=O)c1ccc(Oc2ccc(F)cc2)cc1C1(C(=O)Cl)CCCC1. The van der Waals surface area contributed by atoms with Crippen molar-refractivity contribution in [2.75, 3.05) is 13.2 Å². The first-order valence-corrected chi connectivity index (χ1v) is 12.5. The van der Waals surface area contributed by atoms with Gasteiger partial charge in [-0.2, -0.15) is 0 Å². The maximum atomic E-state index is 13.2. The van der Waals surface area contributed by atoms with E-state index >= 15 is 0 Å². The van der Waals surface area contributed by atoms with Crippen LogP contribution in [0.4, 0.5) is 4.39 Å². The third kappa shape index (κ3) is 5.90. The lowest BCUT2D eigenvalue weighted by molar-refractivity contribution is -0.142. The van der Waals surface area contributed by atoms with E-state index in [1.807, 2.05) is 0 Å². The molecule has 0 heterocycles. The van der Waals surface area contributed by atoms with Crippen LogP contribution < -0.4 is 9.46 Å². The van der Waals surface area contributed by atoms with Gasteiger partial charge in [0.1, 0.15) is 17.3 Å². The molecule has 0 amide bonds. The Morgan fingerprint density at radius 3 is 2.33 bits per heavy atom. The van der Waals surface area contributed by atoms with Crippen LogP contribution in [-0.2, 0) is 29.8 Å². The molecular formula is C23H25ClFNO6S. The highest BCUT2D eigenvalue weighted by molar-refractivity contribution is 7.89. The molecule has 1 saturated carbocycles. The minimum atomic E-state index is -4.08. The molecule has 2 aromatic rings. The first-order chi connectivity index (χ1) is 15.7. The Bertz CT molecular complexity index is 1110. The fourth-order valence-corrected chi connectivity index (χ4v) is 5.58. The molecule has 178 valence electrons. The van der Waals surface area contributed by atoms with E-state index in [1.165, 1.54) is 42.5 Å². The second-order valence-corrected chi connectivity index (χ2v) is 9.81. The Morgan fingerprint density at radius 1 is 1.09 bits per heavy atom. The van der Waals surface area contributed by atoms with Crippen molar-refractivity contribution >= 4 is 32.8 Å². The summed E-state index contributed by atoms with van der Waals surface area (Å²) in [6.07, 6.45) is 2.11. The molecule has 0 aromatic heterocycles. The lowest BCUT2D eigenvalue weighted by atomic mass is 9.80. The van der Waals surface area contributed by atoms with Crippen LogP contribution in [0.15, 0.2) is 47.4 Å². The number of ether oxygens (including phenoxy) is 2. The monoisotopic (exact) mass is 497 g/mol. The number of hydrogen-bond acceptors (Lipinski definition) is 6. The van der Waals surface area contributed by atoms with Crippen LogP contribution in [0.25, 0.3) is 0 Å². The van der Waals surface area contributed by atoms with Gasteiger partial charge in [-0.15, -0.1) is 0 Å². The number of benzene rings is 2. The van der Waals surface area contributed by atoms with Crippen LogP contribution in [0.5, 0.6) is 11.5 Å². The Labute approximate surface area is 197 Å². The van der Waals surface area contributed by atoms with Gasteiger partial charge in [0.15, 0.2) is 0 Å². The summed E-state index contributed by atoms with van der Waals surface area (Å²) in [4.78, 5) is 24.0. The van der Waals surface area contributed by atoms with Crippen molar-refractivity contribution in [1.29, 1.82) is 0 Å². The number of hydrogen-bond donors (Lipinski definition) is 1. The molecular weight excluding hydrogens is 473 g/mol. The molecule has 3 rings (SSSR count). The van der Waals surface area contributed by atoms with Gasteiger partial charge >= 0.3 is 5.97 Å². The van der Waals surface area contributed by atoms with Crippen molar-refractivity contribution in [3.63, 3.8) is 0 Å². The number of rotatable bonds is 10. The number of halogens is 2. The van der Waals surface area contributed by atoms with Gasteiger partial charge in [0, 0.05) is 6.54 Å². The van der Waals surface area contributed by atoms with Crippen LogP contribution in [0, 0.1) is 5.82 Å². The highest BCUT2D eigenvalue weighted by Crippen LogP contribution is 2.46. The van der Waals surface area contributed by atoms with Crippen LogP contribution in [0.1, 0.15) is 44.6 Å². The molecule has 0 radical (unpaired) electrons. The minimum absolute atomic E-state index is 0.103. The quantitative estimate of drug-likeness (QED) is 0.385. The van der Waals surface area contributed by atoms with E-state index in [0.29, 0.717) is 18.6 Å². The predicted molar refractivity (Wildman–Crippen MR) is 120 cm³/mol. The molecule has 0 saturated heterocycles. The Kier molecular flexibility index (Phi) is 8.10. The molecule has 33 heavy (non-hydrogen) atoms. The van der Waals surface area contributed by atoms with Crippen molar-refractivity contribution < 1.29 is 31.9 Å². The van der Waals surface area contributed by atoms with Gasteiger partial charge in [0.25, 0.3) is 0 Å². The molecule has 7 nitrogen and oxygen atoms in total. The molecule has 0 bridgehead atoms. The third-order valence-corrected chi connectivity index (χ3v) is 7.45. The average Bonchev–Trinajstić information content (AvgIpc) is 3.27. The first-order valence-electron chi connectivity index (χ1n) is 10.6. The summed E-state index contributed by atoms with van der Waals surface area (Å²) in [7, 11) is -4.08. The zero-order valence-electron chi connectivity index (χ0n) is 18.1. The van der Waals surface area contributed by atoms with Crippen LogP contribution >= 0.6 is 11.6 Å². The fraction of sp³-hybridized carbons (Fsp3) is 0.391. The fourth-order valence-electron chi connectivity index (χ4n) is 3.97. The molecule has 1 aliphatic carbocycles. The number of carbonyl (C=O) groups is 2. The zero-order valence-corrected chi connectivity index (χ0v) is 19.7. The number of nitrogens with one attached hydrogen (secondary N) is 1. The van der Waals surface area contributed by atoms with Crippen LogP contribution in [0.2, 0.25) is 0 Å². The second-order valence-electron chi connectivity index (χ2n) is 7.73. The molecule has 1 N–H and O–H groups in total. The molecule has 0 aliphatic heterocycles.